The molecule has 2 atom stereocenters. The Bertz CT molecular complexity index is 1570. The van der Waals surface area contributed by atoms with Gasteiger partial charge in [0.05, 0.1) is 36.0 Å². The highest BCUT2D eigenvalue weighted by Gasteiger charge is 2.39. The third-order valence-electron chi connectivity index (χ3n) is 6.36. The summed E-state index contributed by atoms with van der Waals surface area (Å²) in [6.07, 6.45) is -1.58. The summed E-state index contributed by atoms with van der Waals surface area (Å²) in [4.78, 5) is 25.8. The number of nitrogens with zero attached hydrogens (tertiary/aromatic N) is 7. The lowest BCUT2D eigenvalue weighted by atomic mass is 9.96. The Kier molecular flexibility index (Phi) is 8.12. The van der Waals surface area contributed by atoms with Crippen molar-refractivity contribution >= 4 is 22.8 Å². The summed E-state index contributed by atoms with van der Waals surface area (Å²) in [5, 5.41) is 21.8. The minimum absolute atomic E-state index is 0.138. The minimum Gasteiger partial charge on any atom is -0.475 e. The third-order valence-corrected chi connectivity index (χ3v) is 6.36. The number of carboxylic acid groups (broad SMARTS) is 1. The van der Waals surface area contributed by atoms with Gasteiger partial charge in [-0.3, -0.25) is 4.68 Å². The molecule has 0 spiro atoms. The molecule has 0 bridgehead atoms. The number of aromatic nitrogens is 6. The van der Waals surface area contributed by atoms with Gasteiger partial charge in [0.15, 0.2) is 11.6 Å². The first-order chi connectivity index (χ1) is 19.3. The first-order valence-electron chi connectivity index (χ1n) is 11.8. The zero-order valence-corrected chi connectivity index (χ0v) is 20.7. The van der Waals surface area contributed by atoms with Gasteiger partial charge in [-0.2, -0.15) is 36.7 Å². The molecule has 41 heavy (non-hydrogen) atoms. The highest BCUT2D eigenvalue weighted by atomic mass is 19.4. The predicted octanol–water partition coefficient (Wildman–Crippen LogP) is 4.99. The fourth-order valence-corrected chi connectivity index (χ4v) is 4.48. The largest absolute Gasteiger partial charge is 0.490 e. The van der Waals surface area contributed by atoms with Crippen LogP contribution in [0.4, 0.5) is 36.6 Å². The van der Waals surface area contributed by atoms with Crippen LogP contribution >= 0.6 is 0 Å². The van der Waals surface area contributed by atoms with E-state index >= 15 is 0 Å². The van der Waals surface area contributed by atoms with Crippen molar-refractivity contribution < 1.29 is 40.6 Å². The normalized spacial score (nSPS) is 16.2. The van der Waals surface area contributed by atoms with E-state index < -0.39 is 29.7 Å². The summed E-state index contributed by atoms with van der Waals surface area (Å²) in [6.45, 7) is 0.574. The standard InChI is InChI=1S/C22H18F4N8.C2HF3O2/c23-18-16(22(24,25)26)3-7-29-21(18)33-8-4-13(10-33)17(1-5-27)34-11-14(9-32-34)19-15-2-6-28-20(15)31-12-30-19;3-2(4,5)1(6)7/h2-3,6-7,9,11-13,17H,1,4,8,10H2,(H,28,30,31);(H,6,7)/t13-,17-;/m0./s1. The van der Waals surface area contributed by atoms with Crippen molar-refractivity contribution in [3.05, 3.63) is 54.6 Å². The van der Waals surface area contributed by atoms with Crippen molar-refractivity contribution in [3.8, 4) is 17.3 Å². The molecular formula is C24H19F7N8O2. The first-order valence-corrected chi connectivity index (χ1v) is 11.8. The number of hydrogen-bond donors (Lipinski definition) is 2. The molecule has 1 saturated heterocycles. The van der Waals surface area contributed by atoms with E-state index in [2.05, 4.69) is 31.1 Å². The lowest BCUT2D eigenvalue weighted by molar-refractivity contribution is -0.192. The fraction of sp³-hybridized carbons (Fsp3) is 0.333. The molecule has 0 amide bonds. The van der Waals surface area contributed by atoms with Crippen LogP contribution in [0, 0.1) is 23.1 Å². The quantitative estimate of drug-likeness (QED) is 0.313. The number of hydrogen-bond acceptors (Lipinski definition) is 7. The number of anilines is 1. The Hall–Kier alpha value is -4.75. The van der Waals surface area contributed by atoms with Crippen molar-refractivity contribution in [1.29, 1.82) is 5.26 Å². The molecule has 4 aromatic rings. The number of carboxylic acids is 1. The number of alkyl halides is 6. The van der Waals surface area contributed by atoms with E-state index in [4.69, 9.17) is 9.90 Å². The van der Waals surface area contributed by atoms with Gasteiger partial charge in [0.1, 0.15) is 12.0 Å². The molecule has 1 fully saturated rings. The third kappa shape index (κ3) is 6.36. The van der Waals surface area contributed by atoms with Gasteiger partial charge in [0.25, 0.3) is 0 Å². The molecule has 216 valence electrons. The summed E-state index contributed by atoms with van der Waals surface area (Å²) >= 11 is 0. The van der Waals surface area contributed by atoms with Crippen LogP contribution in [0.2, 0.25) is 0 Å². The molecule has 1 aliphatic rings. The summed E-state index contributed by atoms with van der Waals surface area (Å²) in [7, 11) is 0. The van der Waals surface area contributed by atoms with Gasteiger partial charge in [-0.05, 0) is 18.6 Å². The molecule has 17 heteroatoms. The molecule has 4 aromatic heterocycles. The number of aromatic amines is 1. The molecule has 5 heterocycles. The van der Waals surface area contributed by atoms with Gasteiger partial charge < -0.3 is 15.0 Å². The van der Waals surface area contributed by atoms with Crippen LogP contribution < -0.4 is 4.90 Å². The van der Waals surface area contributed by atoms with Gasteiger partial charge in [-0.1, -0.05) is 0 Å². The Morgan fingerprint density at radius 1 is 1.20 bits per heavy atom. The smallest absolute Gasteiger partial charge is 0.475 e. The van der Waals surface area contributed by atoms with Crippen LogP contribution in [0.25, 0.3) is 22.3 Å². The summed E-state index contributed by atoms with van der Waals surface area (Å²) in [6, 6.07) is 4.31. The average molecular weight is 584 g/mol. The maximum atomic E-state index is 14.6. The Labute approximate surface area is 226 Å². The zero-order valence-electron chi connectivity index (χ0n) is 20.7. The van der Waals surface area contributed by atoms with Crippen molar-refractivity contribution in [2.75, 3.05) is 18.0 Å². The monoisotopic (exact) mass is 584 g/mol. The van der Waals surface area contributed by atoms with Crippen LogP contribution in [0.3, 0.4) is 0 Å². The summed E-state index contributed by atoms with van der Waals surface area (Å²) in [5.74, 6) is -4.61. The number of fused-ring (bicyclic) bond motifs is 1. The van der Waals surface area contributed by atoms with Gasteiger partial charge in [-0.15, -0.1) is 0 Å². The average Bonchev–Trinajstić information content (AvgIpc) is 3.67. The highest BCUT2D eigenvalue weighted by Crippen LogP contribution is 2.38. The number of halogens is 7. The fourth-order valence-electron chi connectivity index (χ4n) is 4.48. The maximum absolute atomic E-state index is 14.6. The summed E-state index contributed by atoms with van der Waals surface area (Å²) in [5.41, 5.74) is 0.785. The van der Waals surface area contributed by atoms with E-state index in [0.717, 1.165) is 17.1 Å². The van der Waals surface area contributed by atoms with E-state index in [1.54, 1.807) is 23.3 Å². The van der Waals surface area contributed by atoms with Crippen molar-refractivity contribution in [3.63, 3.8) is 0 Å². The second kappa shape index (κ2) is 11.4. The van der Waals surface area contributed by atoms with Crippen LogP contribution in [-0.4, -0.2) is 60.1 Å². The second-order valence-electron chi connectivity index (χ2n) is 8.89. The summed E-state index contributed by atoms with van der Waals surface area (Å²) < 4.78 is 87.4. The number of nitrogens with one attached hydrogen (secondary N) is 1. The molecule has 1 aliphatic heterocycles. The van der Waals surface area contributed by atoms with Gasteiger partial charge >= 0.3 is 18.3 Å². The Morgan fingerprint density at radius 2 is 1.93 bits per heavy atom. The molecule has 5 rings (SSSR count). The number of nitriles is 1. The second-order valence-corrected chi connectivity index (χ2v) is 8.89. The number of carbonyl (C=O) groups is 1. The van der Waals surface area contributed by atoms with Crippen LogP contribution in [0.15, 0.2) is 43.2 Å². The number of H-pyrrole nitrogens is 1. The number of pyridine rings is 1. The molecule has 0 saturated carbocycles. The topological polar surface area (TPSA) is 137 Å². The Morgan fingerprint density at radius 3 is 2.59 bits per heavy atom. The lowest BCUT2D eigenvalue weighted by Crippen LogP contribution is -2.27. The molecule has 10 nitrogen and oxygen atoms in total. The van der Waals surface area contributed by atoms with Crippen molar-refractivity contribution in [1.82, 2.24) is 29.7 Å². The molecular weight excluding hydrogens is 565 g/mol. The van der Waals surface area contributed by atoms with E-state index in [-0.39, 0.29) is 30.7 Å². The van der Waals surface area contributed by atoms with Crippen molar-refractivity contribution in [2.24, 2.45) is 5.92 Å². The number of aliphatic carboxylic acids is 1. The molecule has 0 aromatic carbocycles. The minimum atomic E-state index is -5.08. The predicted molar refractivity (Wildman–Crippen MR) is 128 cm³/mol. The maximum Gasteiger partial charge on any atom is 0.490 e. The van der Waals surface area contributed by atoms with E-state index in [0.29, 0.717) is 30.4 Å². The lowest BCUT2D eigenvalue weighted by Gasteiger charge is -2.23. The van der Waals surface area contributed by atoms with Gasteiger partial charge in [0.2, 0.25) is 0 Å². The zero-order chi connectivity index (χ0) is 29.9. The number of rotatable bonds is 5. The van der Waals surface area contributed by atoms with Crippen LogP contribution in [-0.2, 0) is 11.0 Å². The molecule has 0 radical (unpaired) electrons. The van der Waals surface area contributed by atoms with E-state index in [1.165, 1.54) is 11.2 Å². The SMILES string of the molecule is N#CC[C@@H]([C@H]1CCN(c2nccc(C(F)(F)F)c2F)C1)n1cc(-c2ncnc3[nH]ccc23)cn1.O=C(O)C(F)(F)F. The van der Waals surface area contributed by atoms with Gasteiger partial charge in [0, 0.05) is 48.5 Å². The first kappa shape index (κ1) is 29.2. The van der Waals surface area contributed by atoms with Crippen LogP contribution in [0.5, 0.6) is 0 Å². The molecule has 0 unspecified atom stereocenters. The van der Waals surface area contributed by atoms with Crippen molar-refractivity contribution in [2.45, 2.75) is 31.2 Å². The molecule has 0 aliphatic carbocycles. The van der Waals surface area contributed by atoms with E-state index in [9.17, 15) is 36.0 Å². The van der Waals surface area contributed by atoms with Gasteiger partial charge in [-0.25, -0.2) is 24.1 Å². The molecule has 2 N–H and O–H groups in total. The van der Waals surface area contributed by atoms with E-state index in [1.807, 2.05) is 6.07 Å². The highest BCUT2D eigenvalue weighted by molar-refractivity contribution is 5.90. The Balaban J connectivity index is 0.000000493. The van der Waals surface area contributed by atoms with Crippen LogP contribution in [0.1, 0.15) is 24.4 Å².